The molecule has 3 nitrogen and oxygen atoms in total. The topological polar surface area (TPSA) is 27.7 Å². The number of hydrogen-bond donors (Lipinski definition) is 0. The Hall–Kier alpha value is -1.57. The van der Waals surface area contributed by atoms with E-state index in [0.717, 1.165) is 30.8 Å². The summed E-state index contributed by atoms with van der Waals surface area (Å²) in [4.78, 5) is 0. The summed E-state index contributed by atoms with van der Waals surface area (Å²) in [5.74, 6) is 1.93. The fourth-order valence-electron chi connectivity index (χ4n) is 5.46. The summed E-state index contributed by atoms with van der Waals surface area (Å²) in [6.45, 7) is 30.4. The van der Waals surface area contributed by atoms with Gasteiger partial charge in [0.05, 0.1) is 6.61 Å². The number of rotatable bonds is 8. The second-order valence-electron chi connectivity index (χ2n) is 16.5. The molecule has 0 saturated heterocycles. The van der Waals surface area contributed by atoms with Crippen molar-refractivity contribution in [1.29, 1.82) is 0 Å². The van der Waals surface area contributed by atoms with E-state index in [4.69, 9.17) is 13.6 Å². The third kappa shape index (κ3) is 9.22. The number of aryl methyl sites for hydroxylation is 2. The molecule has 0 unspecified atom stereocenters. The fourth-order valence-corrected chi connectivity index (χ4v) is 6.61. The first kappa shape index (κ1) is 34.9. The smallest absolute Gasteiger partial charge is 0.417 e. The van der Waals surface area contributed by atoms with Crippen LogP contribution in [0, 0.1) is 0 Å². The number of fused-ring (bicyclic) bond motifs is 2. The van der Waals surface area contributed by atoms with Crippen LogP contribution in [-0.4, -0.2) is 6.61 Å². The Kier molecular flexibility index (Phi) is 11.3. The van der Waals surface area contributed by atoms with Gasteiger partial charge in [-0.05, 0) is 63.2 Å². The van der Waals surface area contributed by atoms with Crippen LogP contribution in [0.2, 0.25) is 0 Å². The van der Waals surface area contributed by atoms with Gasteiger partial charge in [-0.15, -0.1) is 0 Å². The lowest BCUT2D eigenvalue weighted by atomic mass is 9.77. The van der Waals surface area contributed by atoms with E-state index >= 15 is 0 Å². The Bertz CT molecular complexity index is 1100. The summed E-state index contributed by atoms with van der Waals surface area (Å²) >= 11 is 0. The maximum Gasteiger partial charge on any atom is 0.463 e. The highest BCUT2D eigenvalue weighted by Gasteiger charge is 2.34. The first-order valence-corrected chi connectivity index (χ1v) is 17.6. The van der Waals surface area contributed by atoms with Crippen molar-refractivity contribution >= 4 is 8.60 Å². The second-order valence-corrected chi connectivity index (χ2v) is 17.6. The highest BCUT2D eigenvalue weighted by molar-refractivity contribution is 7.42. The summed E-state index contributed by atoms with van der Waals surface area (Å²) in [6.07, 6.45) is 9.14. The Balaban J connectivity index is 2.15. The second kappa shape index (κ2) is 13.6. The Morgan fingerprint density at radius 1 is 0.571 bits per heavy atom. The molecule has 0 saturated carbocycles. The van der Waals surface area contributed by atoms with E-state index in [1.54, 1.807) is 0 Å². The molecule has 0 fully saturated rings. The van der Waals surface area contributed by atoms with Crippen molar-refractivity contribution in [1.82, 2.24) is 0 Å². The van der Waals surface area contributed by atoms with Crippen LogP contribution in [0.3, 0.4) is 0 Å². The standard InChI is InChI=1S/C38H61O3P/c1-14-15-16-17-18-19-22-39-42-40-33-27(23-29(35(2,3)4)25-31(33)37(8,9)10)20-21-28-24-30(36(5,6)7)26-32(34(28)41-42)38(11,12)13/h23-26H,14-22H2,1-13H3. The van der Waals surface area contributed by atoms with Crippen LogP contribution < -0.4 is 9.05 Å². The first-order valence-electron chi connectivity index (χ1n) is 16.5. The van der Waals surface area contributed by atoms with Gasteiger partial charge >= 0.3 is 8.60 Å². The predicted molar refractivity (Wildman–Crippen MR) is 183 cm³/mol. The first-order chi connectivity index (χ1) is 19.3. The van der Waals surface area contributed by atoms with Crippen molar-refractivity contribution in [2.45, 2.75) is 163 Å². The van der Waals surface area contributed by atoms with E-state index in [1.807, 2.05) is 0 Å². The molecule has 0 atom stereocenters. The van der Waals surface area contributed by atoms with Gasteiger partial charge in [0, 0.05) is 11.1 Å². The molecular formula is C38H61O3P. The van der Waals surface area contributed by atoms with Crippen LogP contribution in [0.1, 0.15) is 162 Å². The molecule has 2 aromatic rings. The number of unbranched alkanes of at least 4 members (excludes halogenated alkanes) is 5. The quantitative estimate of drug-likeness (QED) is 0.224. The maximum atomic E-state index is 6.93. The van der Waals surface area contributed by atoms with E-state index < -0.39 is 8.60 Å². The molecular weight excluding hydrogens is 535 g/mol. The zero-order valence-corrected chi connectivity index (χ0v) is 30.2. The van der Waals surface area contributed by atoms with Gasteiger partial charge in [-0.3, -0.25) is 4.52 Å². The van der Waals surface area contributed by atoms with Crippen LogP contribution in [0.25, 0.3) is 0 Å². The Morgan fingerprint density at radius 2 is 0.976 bits per heavy atom. The van der Waals surface area contributed by atoms with Crippen molar-refractivity contribution in [3.8, 4) is 11.5 Å². The zero-order chi connectivity index (χ0) is 31.5. The lowest BCUT2D eigenvalue weighted by Crippen LogP contribution is -2.19. The highest BCUT2D eigenvalue weighted by atomic mass is 31.2. The van der Waals surface area contributed by atoms with Gasteiger partial charge in [-0.2, -0.15) is 0 Å². The summed E-state index contributed by atoms with van der Waals surface area (Å²) in [5.41, 5.74) is 7.63. The van der Waals surface area contributed by atoms with E-state index in [0.29, 0.717) is 6.61 Å². The molecule has 1 aliphatic heterocycles. The van der Waals surface area contributed by atoms with Crippen molar-refractivity contribution in [2.75, 3.05) is 6.61 Å². The third-order valence-electron chi connectivity index (χ3n) is 8.37. The minimum absolute atomic E-state index is 0.0414. The summed E-state index contributed by atoms with van der Waals surface area (Å²) in [6, 6.07) is 9.50. The van der Waals surface area contributed by atoms with Crippen LogP contribution in [0.15, 0.2) is 24.3 Å². The Morgan fingerprint density at radius 3 is 1.36 bits per heavy atom. The molecule has 0 aromatic heterocycles. The van der Waals surface area contributed by atoms with Gasteiger partial charge in [0.25, 0.3) is 0 Å². The molecule has 3 rings (SSSR count). The van der Waals surface area contributed by atoms with Crippen LogP contribution in [0.5, 0.6) is 11.5 Å². The van der Waals surface area contributed by atoms with Crippen molar-refractivity contribution in [2.24, 2.45) is 0 Å². The zero-order valence-electron chi connectivity index (χ0n) is 29.3. The minimum Gasteiger partial charge on any atom is -0.417 e. The van der Waals surface area contributed by atoms with Gasteiger partial charge in [-0.25, -0.2) is 0 Å². The lowest BCUT2D eigenvalue weighted by Gasteiger charge is -2.31. The number of hydrogen-bond acceptors (Lipinski definition) is 3. The van der Waals surface area contributed by atoms with Gasteiger partial charge < -0.3 is 9.05 Å². The summed E-state index contributed by atoms with van der Waals surface area (Å²) in [7, 11) is -1.64. The maximum absolute atomic E-state index is 6.93. The normalized spacial score (nSPS) is 15.2. The SMILES string of the molecule is CCCCCCCCOP1Oc2c(cc(C(C)(C)C)cc2C(C)(C)C)CCc2cc(C(C)(C)C)cc(C(C)(C)C)c2O1. The monoisotopic (exact) mass is 596 g/mol. The van der Waals surface area contributed by atoms with Crippen molar-refractivity contribution in [3.63, 3.8) is 0 Å². The molecule has 2 aromatic carbocycles. The van der Waals surface area contributed by atoms with E-state index in [1.165, 1.54) is 65.5 Å². The van der Waals surface area contributed by atoms with E-state index in [-0.39, 0.29) is 21.7 Å². The molecule has 0 aliphatic carbocycles. The molecule has 1 aliphatic rings. The molecule has 0 N–H and O–H groups in total. The predicted octanol–water partition coefficient (Wildman–Crippen LogP) is 12.0. The van der Waals surface area contributed by atoms with Gasteiger partial charge in [0.2, 0.25) is 0 Å². The number of benzene rings is 2. The van der Waals surface area contributed by atoms with Gasteiger partial charge in [0.1, 0.15) is 11.5 Å². The van der Waals surface area contributed by atoms with Crippen LogP contribution in [0.4, 0.5) is 0 Å². The molecule has 42 heavy (non-hydrogen) atoms. The largest absolute Gasteiger partial charge is 0.463 e. The molecule has 0 radical (unpaired) electrons. The summed E-state index contributed by atoms with van der Waals surface area (Å²) < 4.78 is 20.4. The minimum atomic E-state index is -1.64. The molecule has 0 spiro atoms. The van der Waals surface area contributed by atoms with Crippen LogP contribution in [-0.2, 0) is 39.0 Å². The third-order valence-corrected chi connectivity index (χ3v) is 9.43. The van der Waals surface area contributed by atoms with Gasteiger partial charge in [-0.1, -0.05) is 146 Å². The summed E-state index contributed by atoms with van der Waals surface area (Å²) in [5, 5.41) is 0. The van der Waals surface area contributed by atoms with Crippen molar-refractivity contribution < 1.29 is 13.6 Å². The Labute approximate surface area is 260 Å². The molecule has 1 heterocycles. The molecule has 4 heteroatoms. The average molecular weight is 597 g/mol. The van der Waals surface area contributed by atoms with E-state index in [2.05, 4.69) is 114 Å². The molecule has 0 amide bonds. The fraction of sp³-hybridized carbons (Fsp3) is 0.684. The molecule has 0 bridgehead atoms. The molecule has 236 valence electrons. The lowest BCUT2D eigenvalue weighted by molar-refractivity contribution is 0.255. The van der Waals surface area contributed by atoms with Gasteiger partial charge in [0.15, 0.2) is 0 Å². The van der Waals surface area contributed by atoms with E-state index in [9.17, 15) is 0 Å². The van der Waals surface area contributed by atoms with Crippen molar-refractivity contribution in [3.05, 3.63) is 57.6 Å². The van der Waals surface area contributed by atoms with Crippen LogP contribution >= 0.6 is 8.60 Å². The average Bonchev–Trinajstić information content (AvgIpc) is 2.92. The highest BCUT2D eigenvalue weighted by Crippen LogP contribution is 2.52.